The van der Waals surface area contributed by atoms with Crippen LogP contribution in [-0.4, -0.2) is 28.9 Å². The molecule has 0 aliphatic heterocycles. The van der Waals surface area contributed by atoms with Crippen molar-refractivity contribution in [3.63, 3.8) is 0 Å². The van der Waals surface area contributed by atoms with E-state index in [-0.39, 0.29) is 16.1 Å². The fourth-order valence-corrected chi connectivity index (χ4v) is 2.81. The highest BCUT2D eigenvalue weighted by Gasteiger charge is 2.17. The molecular formula is C10H12O4S2. The lowest BCUT2D eigenvalue weighted by Crippen LogP contribution is -2.16. The highest BCUT2D eigenvalue weighted by Crippen LogP contribution is 2.28. The van der Waals surface area contributed by atoms with Gasteiger partial charge in [0, 0.05) is 10.3 Å². The molecule has 0 fully saturated rings. The fraction of sp³-hybridized carbons (Fsp3) is 0.400. The summed E-state index contributed by atoms with van der Waals surface area (Å²) >= 11 is 2.45. The zero-order valence-corrected chi connectivity index (χ0v) is 10.6. The van der Waals surface area contributed by atoms with Gasteiger partial charge in [0.1, 0.15) is 10.1 Å². The second-order valence-corrected chi connectivity index (χ2v) is 5.29. The maximum absolute atomic E-state index is 11.3. The highest BCUT2D eigenvalue weighted by molar-refractivity contribution is 8.00. The number of hydrogen-bond acceptors (Lipinski definition) is 5. The Kier molecular flexibility index (Phi) is 4.82. The van der Waals surface area contributed by atoms with Crippen molar-refractivity contribution in [3.05, 3.63) is 16.3 Å². The minimum absolute atomic E-state index is 0.276. The first-order valence-electron chi connectivity index (χ1n) is 4.69. The van der Waals surface area contributed by atoms with Crippen LogP contribution in [0.1, 0.15) is 23.5 Å². The standard InChI is InChI=1S/C10H12O4S2/c1-3-14-10(13)6(2)16-7-4-8(9(11)12)15-5-7/h4-6H,3H2,1-2H3,(H,11,12). The molecule has 0 bridgehead atoms. The predicted octanol–water partition coefficient (Wildman–Crippen LogP) is 2.49. The molecule has 1 N–H and O–H groups in total. The summed E-state index contributed by atoms with van der Waals surface area (Å²) in [5, 5.41) is 10.1. The van der Waals surface area contributed by atoms with Gasteiger partial charge in [-0.05, 0) is 19.9 Å². The third-order valence-electron chi connectivity index (χ3n) is 1.72. The topological polar surface area (TPSA) is 63.6 Å². The summed E-state index contributed by atoms with van der Waals surface area (Å²) < 4.78 is 4.86. The van der Waals surface area contributed by atoms with Crippen LogP contribution >= 0.6 is 23.1 Å². The number of ether oxygens (including phenoxy) is 1. The first kappa shape index (κ1) is 13.1. The van der Waals surface area contributed by atoms with Gasteiger partial charge in [-0.25, -0.2) is 4.79 Å². The number of carbonyl (C=O) groups is 2. The molecule has 16 heavy (non-hydrogen) atoms. The summed E-state index contributed by atoms with van der Waals surface area (Å²) in [6, 6.07) is 1.56. The molecule has 0 aromatic carbocycles. The van der Waals surface area contributed by atoms with Gasteiger partial charge in [-0.3, -0.25) is 4.79 Å². The Morgan fingerprint density at radius 3 is 2.81 bits per heavy atom. The van der Waals surface area contributed by atoms with Gasteiger partial charge in [0.2, 0.25) is 0 Å². The Hall–Kier alpha value is -1.01. The molecule has 88 valence electrons. The number of rotatable bonds is 5. The van der Waals surface area contributed by atoms with E-state index in [1.807, 2.05) is 0 Å². The molecule has 1 heterocycles. The average molecular weight is 260 g/mol. The van der Waals surface area contributed by atoms with E-state index in [0.29, 0.717) is 6.61 Å². The van der Waals surface area contributed by atoms with Gasteiger partial charge < -0.3 is 9.84 Å². The number of thioether (sulfide) groups is 1. The molecule has 1 atom stereocenters. The molecule has 0 radical (unpaired) electrons. The molecular weight excluding hydrogens is 248 g/mol. The van der Waals surface area contributed by atoms with Crippen molar-refractivity contribution in [2.75, 3.05) is 6.61 Å². The van der Waals surface area contributed by atoms with Gasteiger partial charge in [-0.1, -0.05) is 0 Å². The highest BCUT2D eigenvalue weighted by atomic mass is 32.2. The van der Waals surface area contributed by atoms with Gasteiger partial charge in [0.15, 0.2) is 0 Å². The number of carbonyl (C=O) groups excluding carboxylic acids is 1. The smallest absolute Gasteiger partial charge is 0.345 e. The lowest BCUT2D eigenvalue weighted by atomic mass is 10.5. The SMILES string of the molecule is CCOC(=O)C(C)Sc1csc(C(=O)O)c1. The fourth-order valence-electron chi connectivity index (χ4n) is 1.00. The number of esters is 1. The monoisotopic (exact) mass is 260 g/mol. The summed E-state index contributed by atoms with van der Waals surface area (Å²) in [5.74, 6) is -1.23. The maximum atomic E-state index is 11.3. The van der Waals surface area contributed by atoms with Crippen LogP contribution in [0, 0.1) is 0 Å². The zero-order chi connectivity index (χ0) is 12.1. The predicted molar refractivity (Wildman–Crippen MR) is 63.2 cm³/mol. The van der Waals surface area contributed by atoms with Crippen molar-refractivity contribution in [2.45, 2.75) is 24.0 Å². The Balaban J connectivity index is 2.59. The van der Waals surface area contributed by atoms with Crippen LogP contribution in [0.3, 0.4) is 0 Å². The van der Waals surface area contributed by atoms with E-state index in [1.165, 1.54) is 11.8 Å². The van der Waals surface area contributed by atoms with E-state index in [9.17, 15) is 9.59 Å². The largest absolute Gasteiger partial charge is 0.477 e. The Labute approximate surface area is 102 Å². The number of hydrogen-bond donors (Lipinski definition) is 1. The first-order chi connectivity index (χ1) is 7.54. The van der Waals surface area contributed by atoms with Gasteiger partial charge >= 0.3 is 11.9 Å². The normalized spacial score (nSPS) is 12.1. The molecule has 4 nitrogen and oxygen atoms in total. The minimum Gasteiger partial charge on any atom is -0.477 e. The van der Waals surface area contributed by atoms with Crippen molar-refractivity contribution >= 4 is 35.0 Å². The molecule has 1 aromatic rings. The molecule has 0 spiro atoms. The Morgan fingerprint density at radius 1 is 1.62 bits per heavy atom. The Bertz CT molecular complexity index is 386. The van der Waals surface area contributed by atoms with Crippen molar-refractivity contribution < 1.29 is 19.4 Å². The number of carboxylic acid groups (broad SMARTS) is 1. The van der Waals surface area contributed by atoms with Crippen LogP contribution in [-0.2, 0) is 9.53 Å². The molecule has 0 saturated heterocycles. The van der Waals surface area contributed by atoms with Crippen LogP contribution in [0.4, 0.5) is 0 Å². The van der Waals surface area contributed by atoms with E-state index >= 15 is 0 Å². The van der Waals surface area contributed by atoms with Crippen molar-refractivity contribution in [2.24, 2.45) is 0 Å². The van der Waals surface area contributed by atoms with Crippen LogP contribution in [0.15, 0.2) is 16.3 Å². The quantitative estimate of drug-likeness (QED) is 0.651. The third kappa shape index (κ3) is 3.53. The second-order valence-electron chi connectivity index (χ2n) is 2.96. The van der Waals surface area contributed by atoms with Gasteiger partial charge in [0.05, 0.1) is 6.61 Å². The van der Waals surface area contributed by atoms with Gasteiger partial charge in [-0.2, -0.15) is 0 Å². The summed E-state index contributed by atoms with van der Waals surface area (Å²) in [7, 11) is 0. The summed E-state index contributed by atoms with van der Waals surface area (Å²) in [6.45, 7) is 3.84. The zero-order valence-electron chi connectivity index (χ0n) is 8.93. The molecule has 1 rings (SSSR count). The lowest BCUT2D eigenvalue weighted by molar-refractivity contribution is -0.142. The van der Waals surface area contributed by atoms with Crippen molar-refractivity contribution in [1.29, 1.82) is 0 Å². The lowest BCUT2D eigenvalue weighted by Gasteiger charge is -2.08. The van der Waals surface area contributed by atoms with Crippen LogP contribution < -0.4 is 0 Å². The maximum Gasteiger partial charge on any atom is 0.345 e. The van der Waals surface area contributed by atoms with Crippen LogP contribution in [0.5, 0.6) is 0 Å². The molecule has 0 aliphatic rings. The molecule has 0 saturated carbocycles. The van der Waals surface area contributed by atoms with E-state index in [1.54, 1.807) is 25.3 Å². The van der Waals surface area contributed by atoms with Crippen molar-refractivity contribution in [1.82, 2.24) is 0 Å². The van der Waals surface area contributed by atoms with Crippen LogP contribution in [0.2, 0.25) is 0 Å². The molecule has 0 amide bonds. The number of aromatic carboxylic acids is 1. The summed E-state index contributed by atoms with van der Waals surface area (Å²) in [5.41, 5.74) is 0. The molecule has 1 unspecified atom stereocenters. The third-order valence-corrected chi connectivity index (χ3v) is 3.84. The second kappa shape index (κ2) is 5.91. The molecule has 1 aromatic heterocycles. The van der Waals surface area contributed by atoms with Gasteiger partial charge in [0.25, 0.3) is 0 Å². The minimum atomic E-state index is -0.944. The van der Waals surface area contributed by atoms with E-state index < -0.39 is 5.97 Å². The van der Waals surface area contributed by atoms with Crippen LogP contribution in [0.25, 0.3) is 0 Å². The summed E-state index contributed by atoms with van der Waals surface area (Å²) in [4.78, 5) is 23.0. The number of carboxylic acids is 1. The van der Waals surface area contributed by atoms with E-state index in [0.717, 1.165) is 16.2 Å². The Morgan fingerprint density at radius 2 is 2.31 bits per heavy atom. The summed E-state index contributed by atoms with van der Waals surface area (Å²) in [6.07, 6.45) is 0. The first-order valence-corrected chi connectivity index (χ1v) is 6.45. The van der Waals surface area contributed by atoms with E-state index in [2.05, 4.69) is 0 Å². The molecule has 6 heteroatoms. The number of thiophene rings is 1. The van der Waals surface area contributed by atoms with Gasteiger partial charge in [-0.15, -0.1) is 23.1 Å². The average Bonchev–Trinajstić information content (AvgIpc) is 2.66. The van der Waals surface area contributed by atoms with E-state index in [4.69, 9.17) is 9.84 Å². The molecule has 0 aliphatic carbocycles. The van der Waals surface area contributed by atoms with Crippen molar-refractivity contribution in [3.8, 4) is 0 Å².